The molecule has 2 atom stereocenters. The van der Waals surface area contributed by atoms with Crippen LogP contribution in [0.4, 0.5) is 0 Å². The molecule has 0 heterocycles. The van der Waals surface area contributed by atoms with Crippen LogP contribution in [0.25, 0.3) is 0 Å². The Balaban J connectivity index is 3.75. The van der Waals surface area contributed by atoms with Crippen molar-refractivity contribution in [3.63, 3.8) is 0 Å². The summed E-state index contributed by atoms with van der Waals surface area (Å²) in [5.74, 6) is 0.358. The van der Waals surface area contributed by atoms with Crippen LogP contribution in [0.15, 0.2) is 24.3 Å². The van der Waals surface area contributed by atoms with Crippen molar-refractivity contribution >= 4 is 0 Å². The summed E-state index contributed by atoms with van der Waals surface area (Å²) in [6.45, 7) is 6.09. The van der Waals surface area contributed by atoms with E-state index in [1.54, 1.807) is 0 Å². The highest BCUT2D eigenvalue weighted by Crippen LogP contribution is 2.07. The van der Waals surface area contributed by atoms with Crippen molar-refractivity contribution < 1.29 is 5.11 Å². The molecule has 1 nitrogen and oxygen atoms in total. The van der Waals surface area contributed by atoms with Crippen LogP contribution < -0.4 is 0 Å². The Morgan fingerprint density at radius 1 is 1.36 bits per heavy atom. The third-order valence-corrected chi connectivity index (χ3v) is 1.84. The second-order valence-corrected chi connectivity index (χ2v) is 2.79. The smallest absolute Gasteiger partial charge is 0.0749 e. The van der Waals surface area contributed by atoms with Gasteiger partial charge in [0.1, 0.15) is 0 Å². The molecule has 0 bridgehead atoms. The van der Waals surface area contributed by atoms with E-state index in [1.165, 1.54) is 0 Å². The molecule has 0 amide bonds. The van der Waals surface area contributed by atoms with Crippen LogP contribution >= 0.6 is 0 Å². The maximum atomic E-state index is 9.42. The largest absolute Gasteiger partial charge is 0.389 e. The number of hydrogen-bond donors (Lipinski definition) is 1. The summed E-state index contributed by atoms with van der Waals surface area (Å²) in [7, 11) is 0. The van der Waals surface area contributed by atoms with Gasteiger partial charge in [0.15, 0.2) is 0 Å². The van der Waals surface area contributed by atoms with Crippen molar-refractivity contribution in [1.82, 2.24) is 0 Å². The van der Waals surface area contributed by atoms with E-state index in [0.717, 1.165) is 6.42 Å². The third-order valence-electron chi connectivity index (χ3n) is 1.84. The Morgan fingerprint density at radius 2 is 2.00 bits per heavy atom. The minimum absolute atomic E-state index is 0.295. The van der Waals surface area contributed by atoms with Gasteiger partial charge in [0, 0.05) is 0 Å². The van der Waals surface area contributed by atoms with Crippen LogP contribution in [-0.2, 0) is 0 Å². The van der Waals surface area contributed by atoms with Crippen LogP contribution in [0.2, 0.25) is 0 Å². The predicted octanol–water partition coefficient (Wildman–Crippen LogP) is 2.53. The summed E-state index contributed by atoms with van der Waals surface area (Å²) >= 11 is 0. The summed E-state index contributed by atoms with van der Waals surface area (Å²) in [4.78, 5) is 0. The zero-order valence-corrected chi connectivity index (χ0v) is 7.62. The van der Waals surface area contributed by atoms with Gasteiger partial charge < -0.3 is 5.11 Å². The second kappa shape index (κ2) is 6.17. The molecule has 1 N–H and O–H groups in total. The van der Waals surface area contributed by atoms with Gasteiger partial charge in [0.25, 0.3) is 0 Å². The van der Waals surface area contributed by atoms with Gasteiger partial charge in [-0.05, 0) is 12.8 Å². The maximum Gasteiger partial charge on any atom is 0.0749 e. The van der Waals surface area contributed by atoms with Gasteiger partial charge >= 0.3 is 0 Å². The molecule has 1 heteroatoms. The Labute approximate surface area is 69.4 Å². The lowest BCUT2D eigenvalue weighted by Crippen LogP contribution is -2.13. The van der Waals surface area contributed by atoms with Crippen molar-refractivity contribution in [2.24, 2.45) is 5.92 Å². The van der Waals surface area contributed by atoms with Gasteiger partial charge in [-0.25, -0.2) is 0 Å². The Morgan fingerprint density at radius 3 is 2.45 bits per heavy atom. The molecule has 0 spiro atoms. The first-order chi connectivity index (χ1) is 5.22. The first-order valence-corrected chi connectivity index (χ1v) is 4.19. The molecule has 0 aromatic rings. The van der Waals surface area contributed by atoms with E-state index in [9.17, 15) is 5.11 Å². The average molecular weight is 154 g/mol. The standard InChI is InChI=1S/C10H18O/c1-4-6-7-8-10(11)9(3)5-2/h4,6-11H,5H2,1-3H3. The number of hydrogen-bond acceptors (Lipinski definition) is 1. The predicted molar refractivity (Wildman–Crippen MR) is 49.4 cm³/mol. The van der Waals surface area contributed by atoms with Crippen molar-refractivity contribution in [3.8, 4) is 0 Å². The number of allylic oxidation sites excluding steroid dienone is 3. The van der Waals surface area contributed by atoms with E-state index >= 15 is 0 Å². The summed E-state index contributed by atoms with van der Waals surface area (Å²) < 4.78 is 0. The summed E-state index contributed by atoms with van der Waals surface area (Å²) in [6, 6.07) is 0. The molecule has 0 aliphatic carbocycles. The highest BCUT2D eigenvalue weighted by molar-refractivity contribution is 5.04. The summed E-state index contributed by atoms with van der Waals surface area (Å²) in [6.07, 6.45) is 8.30. The molecule has 11 heavy (non-hydrogen) atoms. The summed E-state index contributed by atoms with van der Waals surface area (Å²) in [5, 5.41) is 9.42. The lowest BCUT2D eigenvalue weighted by molar-refractivity contribution is 0.160. The number of aliphatic hydroxyl groups excluding tert-OH is 1. The second-order valence-electron chi connectivity index (χ2n) is 2.79. The van der Waals surface area contributed by atoms with Gasteiger partial charge in [-0.2, -0.15) is 0 Å². The van der Waals surface area contributed by atoms with Crippen LogP contribution in [0, 0.1) is 5.92 Å². The molecule has 0 radical (unpaired) electrons. The fourth-order valence-corrected chi connectivity index (χ4v) is 0.720. The molecular formula is C10H18O. The van der Waals surface area contributed by atoms with E-state index in [4.69, 9.17) is 0 Å². The molecule has 0 rings (SSSR count). The van der Waals surface area contributed by atoms with E-state index in [-0.39, 0.29) is 6.10 Å². The monoisotopic (exact) mass is 154 g/mol. The van der Waals surface area contributed by atoms with E-state index in [0.29, 0.717) is 5.92 Å². The van der Waals surface area contributed by atoms with Crippen molar-refractivity contribution in [2.45, 2.75) is 33.3 Å². The molecule has 0 aromatic carbocycles. The van der Waals surface area contributed by atoms with E-state index < -0.39 is 0 Å². The molecule has 0 saturated heterocycles. The highest BCUT2D eigenvalue weighted by Gasteiger charge is 2.06. The highest BCUT2D eigenvalue weighted by atomic mass is 16.3. The normalized spacial score (nSPS) is 17.8. The molecule has 2 unspecified atom stereocenters. The molecular weight excluding hydrogens is 136 g/mol. The Bertz CT molecular complexity index is 136. The fourth-order valence-electron chi connectivity index (χ4n) is 0.720. The topological polar surface area (TPSA) is 20.2 Å². The lowest BCUT2D eigenvalue weighted by Gasteiger charge is -2.11. The zero-order valence-electron chi connectivity index (χ0n) is 7.62. The quantitative estimate of drug-likeness (QED) is 0.617. The molecule has 0 aromatic heterocycles. The molecule has 0 aliphatic rings. The van der Waals surface area contributed by atoms with Crippen LogP contribution in [0.3, 0.4) is 0 Å². The lowest BCUT2D eigenvalue weighted by atomic mass is 10.0. The average Bonchev–Trinajstić information content (AvgIpc) is 2.03. The first-order valence-electron chi connectivity index (χ1n) is 4.19. The SMILES string of the molecule is CC=CC=CC(O)C(C)CC. The van der Waals surface area contributed by atoms with Gasteiger partial charge in [-0.1, -0.05) is 44.6 Å². The minimum Gasteiger partial charge on any atom is -0.389 e. The van der Waals surface area contributed by atoms with Gasteiger partial charge in [-0.15, -0.1) is 0 Å². The minimum atomic E-state index is -0.295. The van der Waals surface area contributed by atoms with Gasteiger partial charge in [-0.3, -0.25) is 0 Å². The number of aliphatic hydroxyl groups is 1. The van der Waals surface area contributed by atoms with Crippen molar-refractivity contribution in [2.75, 3.05) is 0 Å². The first kappa shape index (κ1) is 10.4. The Kier molecular flexibility index (Phi) is 5.86. The Hall–Kier alpha value is -0.560. The van der Waals surface area contributed by atoms with Crippen LogP contribution in [0.5, 0.6) is 0 Å². The number of rotatable bonds is 4. The molecule has 0 fully saturated rings. The van der Waals surface area contributed by atoms with E-state index in [2.05, 4.69) is 6.92 Å². The van der Waals surface area contributed by atoms with Gasteiger partial charge in [0.05, 0.1) is 6.10 Å². The van der Waals surface area contributed by atoms with Crippen molar-refractivity contribution in [1.29, 1.82) is 0 Å². The van der Waals surface area contributed by atoms with Crippen LogP contribution in [-0.4, -0.2) is 11.2 Å². The van der Waals surface area contributed by atoms with Crippen LogP contribution in [0.1, 0.15) is 27.2 Å². The molecule has 0 saturated carbocycles. The molecule has 0 aliphatic heterocycles. The fraction of sp³-hybridized carbons (Fsp3) is 0.600. The maximum absolute atomic E-state index is 9.42. The third kappa shape index (κ3) is 4.79. The summed E-state index contributed by atoms with van der Waals surface area (Å²) in [5.41, 5.74) is 0. The van der Waals surface area contributed by atoms with Crippen molar-refractivity contribution in [3.05, 3.63) is 24.3 Å². The van der Waals surface area contributed by atoms with Gasteiger partial charge in [0.2, 0.25) is 0 Å². The zero-order chi connectivity index (χ0) is 8.69. The molecule has 64 valence electrons. The van der Waals surface area contributed by atoms with E-state index in [1.807, 2.05) is 38.2 Å².